The van der Waals surface area contributed by atoms with E-state index in [9.17, 15) is 14.4 Å². The monoisotopic (exact) mass is 279 g/mol. The summed E-state index contributed by atoms with van der Waals surface area (Å²) in [6.07, 6.45) is 0. The number of aliphatic hydroxyl groups is 1. The van der Waals surface area contributed by atoms with E-state index in [-0.39, 0.29) is 25.4 Å². The molecule has 0 aliphatic rings. The van der Waals surface area contributed by atoms with E-state index < -0.39 is 17.1 Å². The SMILES string of the molecule is O=C(O)c1ccc(N(CCO)CNn2c(=O)c2=O)cc1. The smallest absolute Gasteiger partial charge is 0.340 e. The summed E-state index contributed by atoms with van der Waals surface area (Å²) in [5, 5.41) is 17.8. The molecule has 8 heteroatoms. The van der Waals surface area contributed by atoms with Crippen LogP contribution in [0.3, 0.4) is 0 Å². The van der Waals surface area contributed by atoms with Crippen molar-refractivity contribution in [1.29, 1.82) is 0 Å². The maximum absolute atomic E-state index is 10.8. The molecule has 106 valence electrons. The van der Waals surface area contributed by atoms with Gasteiger partial charge in [0.25, 0.3) is 0 Å². The van der Waals surface area contributed by atoms with Crippen molar-refractivity contribution in [3.63, 3.8) is 0 Å². The highest BCUT2D eigenvalue weighted by molar-refractivity contribution is 5.88. The van der Waals surface area contributed by atoms with Crippen LogP contribution in [0.15, 0.2) is 33.9 Å². The van der Waals surface area contributed by atoms with Gasteiger partial charge in [0, 0.05) is 12.2 Å². The van der Waals surface area contributed by atoms with E-state index in [2.05, 4.69) is 5.43 Å². The highest BCUT2D eigenvalue weighted by Crippen LogP contribution is 2.14. The van der Waals surface area contributed by atoms with Gasteiger partial charge >= 0.3 is 17.1 Å². The molecule has 1 aromatic heterocycles. The number of nitrogens with zero attached hydrogens (tertiary/aromatic N) is 2. The first kappa shape index (κ1) is 13.8. The van der Waals surface area contributed by atoms with Gasteiger partial charge in [-0.05, 0) is 24.3 Å². The Hall–Kier alpha value is -2.61. The quantitative estimate of drug-likeness (QED) is 0.430. The average Bonchev–Trinajstić information content (AvgIpc) is 3.01. The summed E-state index contributed by atoms with van der Waals surface area (Å²) in [4.78, 5) is 34.1. The molecular formula is C12H13N3O5. The van der Waals surface area contributed by atoms with E-state index in [1.807, 2.05) is 0 Å². The molecule has 0 aliphatic heterocycles. The Morgan fingerprint density at radius 3 is 2.25 bits per heavy atom. The number of benzene rings is 1. The minimum Gasteiger partial charge on any atom is -0.478 e. The van der Waals surface area contributed by atoms with Crippen molar-refractivity contribution in [3.8, 4) is 0 Å². The number of carboxylic acid groups (broad SMARTS) is 1. The van der Waals surface area contributed by atoms with E-state index in [1.165, 1.54) is 12.1 Å². The van der Waals surface area contributed by atoms with E-state index in [1.54, 1.807) is 17.0 Å². The summed E-state index contributed by atoms with van der Waals surface area (Å²) >= 11 is 0. The molecule has 0 aliphatic carbocycles. The summed E-state index contributed by atoms with van der Waals surface area (Å²) in [6, 6.07) is 6.06. The van der Waals surface area contributed by atoms with Crippen molar-refractivity contribution in [1.82, 2.24) is 4.68 Å². The molecule has 0 unspecified atom stereocenters. The van der Waals surface area contributed by atoms with Gasteiger partial charge in [-0.3, -0.25) is 9.59 Å². The van der Waals surface area contributed by atoms with Crippen molar-refractivity contribution in [3.05, 3.63) is 50.5 Å². The van der Waals surface area contributed by atoms with Crippen LogP contribution < -0.4 is 21.4 Å². The topological polar surface area (TPSA) is 112 Å². The molecule has 0 atom stereocenters. The number of carbonyl (C=O) groups is 1. The Balaban J connectivity index is 2.07. The fourth-order valence-corrected chi connectivity index (χ4v) is 1.67. The van der Waals surface area contributed by atoms with Crippen LogP contribution in [0.5, 0.6) is 0 Å². The van der Waals surface area contributed by atoms with Gasteiger partial charge in [0.05, 0.1) is 12.2 Å². The van der Waals surface area contributed by atoms with Gasteiger partial charge in [0.2, 0.25) is 0 Å². The number of hydrogen-bond donors (Lipinski definition) is 3. The number of carboxylic acids is 1. The van der Waals surface area contributed by atoms with Gasteiger partial charge in [0.15, 0.2) is 0 Å². The minimum atomic E-state index is -1.02. The van der Waals surface area contributed by atoms with Crippen LogP contribution in [-0.2, 0) is 0 Å². The highest BCUT2D eigenvalue weighted by atomic mass is 16.4. The molecule has 0 amide bonds. The number of nitrogens with one attached hydrogen (secondary N) is 1. The molecular weight excluding hydrogens is 266 g/mol. The zero-order valence-electron chi connectivity index (χ0n) is 10.4. The van der Waals surface area contributed by atoms with E-state index >= 15 is 0 Å². The lowest BCUT2D eigenvalue weighted by Crippen LogP contribution is -2.35. The Bertz CT molecular complexity index is 644. The Labute approximate surface area is 113 Å². The molecule has 0 spiro atoms. The van der Waals surface area contributed by atoms with Crippen molar-refractivity contribution in [2.45, 2.75) is 0 Å². The lowest BCUT2D eigenvalue weighted by molar-refractivity contribution is 0.0697. The van der Waals surface area contributed by atoms with Crippen molar-refractivity contribution in [2.24, 2.45) is 0 Å². The first-order chi connectivity index (χ1) is 9.54. The molecule has 2 aromatic rings. The van der Waals surface area contributed by atoms with Gasteiger partial charge < -0.3 is 20.5 Å². The fourth-order valence-electron chi connectivity index (χ4n) is 1.67. The van der Waals surface area contributed by atoms with Crippen molar-refractivity contribution >= 4 is 11.7 Å². The Morgan fingerprint density at radius 2 is 1.80 bits per heavy atom. The van der Waals surface area contributed by atoms with Crippen LogP contribution in [0.25, 0.3) is 0 Å². The number of anilines is 1. The molecule has 1 aromatic carbocycles. The molecule has 2 rings (SSSR count). The maximum Gasteiger partial charge on any atom is 0.340 e. The van der Waals surface area contributed by atoms with Crippen molar-refractivity contribution < 1.29 is 15.0 Å². The van der Waals surface area contributed by atoms with Gasteiger partial charge in [-0.25, -0.2) is 4.79 Å². The molecule has 0 fully saturated rings. The summed E-state index contributed by atoms with van der Waals surface area (Å²) in [6.45, 7) is 0.296. The molecule has 0 saturated carbocycles. The minimum absolute atomic E-state index is 0.121. The normalized spacial score (nSPS) is 10.7. The number of rotatable bonds is 7. The van der Waals surface area contributed by atoms with Crippen LogP contribution in [0.2, 0.25) is 0 Å². The average molecular weight is 279 g/mol. The standard InChI is InChI=1S/C12H13N3O5/c16-6-5-14(7-13-15-10(17)11(15)18)9-3-1-8(2-4-9)12(19)20/h1-4,13,16H,5-7H2,(H,19,20). The number of aromatic carboxylic acids is 1. The zero-order valence-corrected chi connectivity index (χ0v) is 10.4. The van der Waals surface area contributed by atoms with Crippen LogP contribution >= 0.6 is 0 Å². The maximum atomic E-state index is 10.8. The summed E-state index contributed by atoms with van der Waals surface area (Å²) in [7, 11) is 0. The Kier molecular flexibility index (Phi) is 3.85. The first-order valence-corrected chi connectivity index (χ1v) is 5.85. The second-order valence-corrected chi connectivity index (χ2v) is 4.10. The third-order valence-corrected chi connectivity index (χ3v) is 2.81. The van der Waals surface area contributed by atoms with Crippen molar-refractivity contribution in [2.75, 3.05) is 30.1 Å². The van der Waals surface area contributed by atoms with Gasteiger partial charge in [-0.15, -0.1) is 0 Å². The zero-order chi connectivity index (χ0) is 14.7. The third kappa shape index (κ3) is 2.86. The summed E-state index contributed by atoms with van der Waals surface area (Å²) < 4.78 is 0.871. The largest absolute Gasteiger partial charge is 0.478 e. The van der Waals surface area contributed by atoms with Crippen LogP contribution in [0.4, 0.5) is 5.69 Å². The molecule has 0 saturated heterocycles. The van der Waals surface area contributed by atoms with Gasteiger partial charge in [-0.2, -0.15) is 4.68 Å². The second-order valence-electron chi connectivity index (χ2n) is 4.10. The number of aromatic nitrogens is 1. The molecule has 8 nitrogen and oxygen atoms in total. The van der Waals surface area contributed by atoms with E-state index in [4.69, 9.17) is 10.2 Å². The lowest BCUT2D eigenvalue weighted by atomic mass is 10.2. The number of hydrogen-bond acceptors (Lipinski definition) is 6. The lowest BCUT2D eigenvalue weighted by Gasteiger charge is -2.23. The molecule has 0 bridgehead atoms. The summed E-state index contributed by atoms with van der Waals surface area (Å²) in [5.41, 5.74) is 2.23. The molecule has 1 heterocycles. The predicted octanol–water partition coefficient (Wildman–Crippen LogP) is -1.22. The van der Waals surface area contributed by atoms with E-state index in [0.29, 0.717) is 5.69 Å². The summed E-state index contributed by atoms with van der Waals surface area (Å²) in [5.74, 6) is -1.02. The fraction of sp³-hybridized carbons (Fsp3) is 0.250. The highest BCUT2D eigenvalue weighted by Gasteiger charge is 2.16. The van der Waals surface area contributed by atoms with E-state index in [0.717, 1.165) is 4.68 Å². The predicted molar refractivity (Wildman–Crippen MR) is 71.4 cm³/mol. The third-order valence-electron chi connectivity index (χ3n) is 2.81. The number of aliphatic hydroxyl groups excluding tert-OH is 1. The van der Waals surface area contributed by atoms with Crippen LogP contribution in [-0.4, -0.2) is 40.7 Å². The molecule has 20 heavy (non-hydrogen) atoms. The van der Waals surface area contributed by atoms with Gasteiger partial charge in [0.1, 0.15) is 6.67 Å². The molecule has 3 N–H and O–H groups in total. The van der Waals surface area contributed by atoms with Crippen LogP contribution in [0.1, 0.15) is 10.4 Å². The molecule has 0 radical (unpaired) electrons. The Morgan fingerprint density at radius 1 is 1.20 bits per heavy atom. The second kappa shape index (κ2) is 5.57. The van der Waals surface area contributed by atoms with Crippen LogP contribution in [0, 0.1) is 0 Å². The first-order valence-electron chi connectivity index (χ1n) is 5.85. The van der Waals surface area contributed by atoms with Gasteiger partial charge in [-0.1, -0.05) is 0 Å².